The fourth-order valence-electron chi connectivity index (χ4n) is 2.79. The van der Waals surface area contributed by atoms with E-state index in [9.17, 15) is 13.2 Å². The van der Waals surface area contributed by atoms with Gasteiger partial charge in [-0.2, -0.15) is 0 Å². The molecule has 1 amide bonds. The number of hydrogen-bond acceptors (Lipinski definition) is 3. The Bertz CT molecular complexity index is 690. The van der Waals surface area contributed by atoms with Gasteiger partial charge in [-0.1, -0.05) is 6.92 Å². The van der Waals surface area contributed by atoms with Gasteiger partial charge in [0, 0.05) is 23.7 Å². The molecule has 0 aromatic heterocycles. The molecule has 1 aromatic rings. The number of fused-ring (bicyclic) bond motifs is 1. The van der Waals surface area contributed by atoms with Crippen molar-refractivity contribution in [2.24, 2.45) is 0 Å². The summed E-state index contributed by atoms with van der Waals surface area (Å²) in [5, 5.41) is 0. The van der Waals surface area contributed by atoms with E-state index in [1.807, 2.05) is 34.6 Å². The van der Waals surface area contributed by atoms with Crippen LogP contribution in [0.5, 0.6) is 0 Å². The largest absolute Gasteiger partial charge is 0.309 e. The van der Waals surface area contributed by atoms with Crippen molar-refractivity contribution >= 4 is 21.6 Å². The Morgan fingerprint density at radius 3 is 2.55 bits per heavy atom. The van der Waals surface area contributed by atoms with Crippen molar-refractivity contribution in [3.05, 3.63) is 23.8 Å². The number of hydrogen-bond donors (Lipinski definition) is 1. The Morgan fingerprint density at radius 1 is 1.36 bits per heavy atom. The molecule has 1 unspecified atom stereocenters. The number of rotatable bonds is 3. The maximum atomic E-state index is 12.4. The topological polar surface area (TPSA) is 66.5 Å². The summed E-state index contributed by atoms with van der Waals surface area (Å²) in [5.74, 6) is 0.0645. The lowest BCUT2D eigenvalue weighted by atomic mass is 10.1. The van der Waals surface area contributed by atoms with Gasteiger partial charge in [0.25, 0.3) is 0 Å². The van der Waals surface area contributed by atoms with Crippen LogP contribution in [0.3, 0.4) is 0 Å². The van der Waals surface area contributed by atoms with Crippen molar-refractivity contribution < 1.29 is 13.2 Å². The predicted molar refractivity (Wildman–Crippen MR) is 87.5 cm³/mol. The second-order valence-corrected chi connectivity index (χ2v) is 8.50. The van der Waals surface area contributed by atoms with Crippen LogP contribution in [-0.4, -0.2) is 25.9 Å². The average Bonchev–Trinajstić information content (AvgIpc) is 2.70. The Hall–Kier alpha value is -1.40. The van der Waals surface area contributed by atoms with Crippen molar-refractivity contribution in [1.29, 1.82) is 0 Å². The highest BCUT2D eigenvalue weighted by Gasteiger charge is 2.31. The number of amides is 1. The molecule has 5 nitrogen and oxygen atoms in total. The molecular formula is C16H24N2O3S. The number of carbonyl (C=O) groups excluding carboxylic acids is 1. The Labute approximate surface area is 132 Å². The van der Waals surface area contributed by atoms with Gasteiger partial charge in [0.05, 0.1) is 4.90 Å². The molecule has 0 aliphatic carbocycles. The summed E-state index contributed by atoms with van der Waals surface area (Å²) < 4.78 is 27.5. The highest BCUT2D eigenvalue weighted by molar-refractivity contribution is 7.89. The highest BCUT2D eigenvalue weighted by Crippen LogP contribution is 2.34. The van der Waals surface area contributed by atoms with Crippen LogP contribution in [0.2, 0.25) is 0 Å². The maximum absolute atomic E-state index is 12.4. The summed E-state index contributed by atoms with van der Waals surface area (Å²) in [6, 6.07) is 5.06. The van der Waals surface area contributed by atoms with Crippen LogP contribution >= 0.6 is 0 Å². The van der Waals surface area contributed by atoms with E-state index in [1.54, 1.807) is 23.1 Å². The highest BCUT2D eigenvalue weighted by atomic mass is 32.2. The van der Waals surface area contributed by atoms with E-state index in [0.29, 0.717) is 12.8 Å². The van der Waals surface area contributed by atoms with E-state index in [0.717, 1.165) is 11.3 Å². The molecular weight excluding hydrogens is 300 g/mol. The molecule has 1 aromatic carbocycles. The lowest BCUT2D eigenvalue weighted by molar-refractivity contribution is -0.118. The zero-order valence-corrected chi connectivity index (χ0v) is 14.6. The first-order valence-electron chi connectivity index (χ1n) is 7.54. The molecule has 1 N–H and O–H groups in total. The maximum Gasteiger partial charge on any atom is 0.241 e. The van der Waals surface area contributed by atoms with Gasteiger partial charge in [-0.25, -0.2) is 13.1 Å². The second-order valence-electron chi connectivity index (χ2n) is 6.82. The molecule has 122 valence electrons. The molecule has 0 saturated heterocycles. The van der Waals surface area contributed by atoms with Gasteiger partial charge in [-0.05, 0) is 57.9 Å². The molecule has 0 fully saturated rings. The normalized spacial score (nSPS) is 18.4. The van der Waals surface area contributed by atoms with Crippen LogP contribution in [0.25, 0.3) is 0 Å². The van der Waals surface area contributed by atoms with Crippen LogP contribution in [0, 0.1) is 0 Å². The summed E-state index contributed by atoms with van der Waals surface area (Å²) in [5.41, 5.74) is 1.20. The van der Waals surface area contributed by atoms with Gasteiger partial charge in [-0.15, -0.1) is 0 Å². The predicted octanol–water partition coefficient (Wildman–Crippen LogP) is 2.45. The molecule has 1 heterocycles. The van der Waals surface area contributed by atoms with Gasteiger partial charge in [0.1, 0.15) is 0 Å². The van der Waals surface area contributed by atoms with Gasteiger partial charge in [0.15, 0.2) is 0 Å². The first kappa shape index (κ1) is 17.0. The lowest BCUT2D eigenvalue weighted by Gasteiger charge is -2.22. The number of anilines is 1. The van der Waals surface area contributed by atoms with Crippen molar-refractivity contribution in [1.82, 2.24) is 4.72 Å². The van der Waals surface area contributed by atoms with E-state index in [2.05, 4.69) is 4.72 Å². The Kier molecular flexibility index (Phi) is 4.37. The molecule has 22 heavy (non-hydrogen) atoms. The summed E-state index contributed by atoms with van der Waals surface area (Å²) in [6.07, 6.45) is 1.12. The minimum atomic E-state index is -3.55. The fraction of sp³-hybridized carbons (Fsp3) is 0.562. The minimum absolute atomic E-state index is 0.0645. The first-order valence-corrected chi connectivity index (χ1v) is 9.02. The molecule has 6 heteroatoms. The quantitative estimate of drug-likeness (QED) is 0.929. The van der Waals surface area contributed by atoms with Gasteiger partial charge in [0.2, 0.25) is 15.9 Å². The Balaban J connectivity index is 2.39. The van der Waals surface area contributed by atoms with E-state index in [-0.39, 0.29) is 16.8 Å². The smallest absolute Gasteiger partial charge is 0.241 e. The van der Waals surface area contributed by atoms with Crippen LogP contribution < -0.4 is 9.62 Å². The number of sulfonamides is 1. The van der Waals surface area contributed by atoms with E-state index in [4.69, 9.17) is 0 Å². The van der Waals surface area contributed by atoms with Gasteiger partial charge < -0.3 is 4.90 Å². The van der Waals surface area contributed by atoms with E-state index >= 15 is 0 Å². The van der Waals surface area contributed by atoms with Crippen molar-refractivity contribution in [3.63, 3.8) is 0 Å². The van der Waals surface area contributed by atoms with Gasteiger partial charge >= 0.3 is 0 Å². The van der Waals surface area contributed by atoms with Crippen LogP contribution in [0.4, 0.5) is 5.69 Å². The number of nitrogens with one attached hydrogen (secondary N) is 1. The SMILES string of the molecule is CCC(=O)N1c2ccc(S(=O)(=O)NC(C)(C)C)cc2CC1C. The lowest BCUT2D eigenvalue weighted by Crippen LogP contribution is -2.40. The third-order valence-electron chi connectivity index (χ3n) is 3.59. The molecule has 2 rings (SSSR count). The van der Waals surface area contributed by atoms with Crippen LogP contribution in [0.1, 0.15) is 46.6 Å². The van der Waals surface area contributed by atoms with E-state index < -0.39 is 15.6 Å². The minimum Gasteiger partial charge on any atom is -0.309 e. The summed E-state index contributed by atoms with van der Waals surface area (Å²) in [6.45, 7) is 9.24. The molecule has 0 saturated carbocycles. The molecule has 1 aliphatic rings. The second kappa shape index (κ2) is 5.66. The number of carbonyl (C=O) groups is 1. The monoisotopic (exact) mass is 324 g/mol. The zero-order chi connectivity index (χ0) is 16.7. The molecule has 1 atom stereocenters. The molecule has 0 bridgehead atoms. The molecule has 0 radical (unpaired) electrons. The molecule has 0 spiro atoms. The fourth-order valence-corrected chi connectivity index (χ4v) is 4.26. The third-order valence-corrected chi connectivity index (χ3v) is 5.34. The summed E-state index contributed by atoms with van der Waals surface area (Å²) >= 11 is 0. The van der Waals surface area contributed by atoms with Gasteiger partial charge in [-0.3, -0.25) is 4.79 Å². The Morgan fingerprint density at radius 2 is 2.00 bits per heavy atom. The molecule has 1 aliphatic heterocycles. The standard InChI is InChI=1S/C16H24N2O3S/c1-6-15(19)18-11(2)9-12-10-13(7-8-14(12)18)22(20,21)17-16(3,4)5/h7-8,10-11,17H,6,9H2,1-5H3. The van der Waals surface area contributed by atoms with Crippen molar-refractivity contribution in [2.75, 3.05) is 4.90 Å². The third kappa shape index (κ3) is 3.33. The summed E-state index contributed by atoms with van der Waals surface area (Å²) in [7, 11) is -3.55. The first-order chi connectivity index (χ1) is 10.0. The van der Waals surface area contributed by atoms with Crippen molar-refractivity contribution in [3.8, 4) is 0 Å². The number of nitrogens with zero attached hydrogens (tertiary/aromatic N) is 1. The van der Waals surface area contributed by atoms with Crippen LogP contribution in [0.15, 0.2) is 23.1 Å². The average molecular weight is 324 g/mol. The van der Waals surface area contributed by atoms with Crippen LogP contribution in [-0.2, 0) is 21.2 Å². The van der Waals surface area contributed by atoms with Crippen molar-refractivity contribution in [2.45, 2.75) is 63.9 Å². The number of benzene rings is 1. The zero-order valence-electron chi connectivity index (χ0n) is 13.8. The summed E-state index contributed by atoms with van der Waals surface area (Å²) in [4.78, 5) is 14.1. The van der Waals surface area contributed by atoms with E-state index in [1.165, 1.54) is 0 Å².